The molecule has 76 valence electrons. The summed E-state index contributed by atoms with van der Waals surface area (Å²) < 4.78 is 0. The molecule has 2 rings (SSSR count). The van der Waals surface area contributed by atoms with E-state index in [9.17, 15) is 0 Å². The fourth-order valence-corrected chi connectivity index (χ4v) is 3.24. The number of aromatic nitrogens is 1. The summed E-state index contributed by atoms with van der Waals surface area (Å²) in [5, 5.41) is 2.44. The zero-order valence-electron chi connectivity index (χ0n) is 8.08. The van der Waals surface area contributed by atoms with E-state index in [4.69, 9.17) is 11.6 Å². The van der Waals surface area contributed by atoms with Gasteiger partial charge in [-0.15, -0.1) is 11.8 Å². The Hall–Kier alpha value is -0.210. The summed E-state index contributed by atoms with van der Waals surface area (Å²) in [7, 11) is 0. The monoisotopic (exact) mass is 227 g/mol. The topological polar surface area (TPSA) is 12.9 Å². The molecule has 1 heterocycles. The number of thioether (sulfide) groups is 1. The van der Waals surface area contributed by atoms with Gasteiger partial charge in [-0.2, -0.15) is 0 Å². The first-order chi connectivity index (χ1) is 6.84. The lowest BCUT2D eigenvalue weighted by molar-refractivity contribution is 0.516. The van der Waals surface area contributed by atoms with Gasteiger partial charge in [0.25, 0.3) is 0 Å². The molecule has 0 bridgehead atoms. The molecule has 1 aliphatic rings. The van der Waals surface area contributed by atoms with Gasteiger partial charge < -0.3 is 0 Å². The first kappa shape index (κ1) is 10.3. The molecule has 1 nitrogen and oxygen atoms in total. The van der Waals surface area contributed by atoms with Crippen LogP contribution in [0.3, 0.4) is 0 Å². The second kappa shape index (κ2) is 5.04. The molecule has 0 aromatic carbocycles. The average molecular weight is 228 g/mol. The lowest BCUT2D eigenvalue weighted by Crippen LogP contribution is -2.07. The Morgan fingerprint density at radius 3 is 2.71 bits per heavy atom. The van der Waals surface area contributed by atoms with E-state index in [1.54, 1.807) is 0 Å². The van der Waals surface area contributed by atoms with Gasteiger partial charge in [0, 0.05) is 5.25 Å². The summed E-state index contributed by atoms with van der Waals surface area (Å²) in [6, 6.07) is 5.85. The minimum absolute atomic E-state index is 0.603. The van der Waals surface area contributed by atoms with Gasteiger partial charge >= 0.3 is 0 Å². The average Bonchev–Trinajstić information content (AvgIpc) is 2.19. The van der Waals surface area contributed by atoms with E-state index in [0.717, 1.165) is 10.3 Å². The first-order valence-corrected chi connectivity index (χ1v) is 6.39. The number of halogens is 1. The van der Waals surface area contributed by atoms with E-state index in [0.29, 0.717) is 5.15 Å². The van der Waals surface area contributed by atoms with Crippen LogP contribution in [0.2, 0.25) is 5.15 Å². The minimum atomic E-state index is 0.603. The molecule has 0 N–H and O–H groups in total. The molecular weight excluding hydrogens is 214 g/mol. The van der Waals surface area contributed by atoms with Crippen molar-refractivity contribution in [1.29, 1.82) is 0 Å². The summed E-state index contributed by atoms with van der Waals surface area (Å²) in [5.41, 5.74) is 0. The fourth-order valence-electron chi connectivity index (χ4n) is 1.81. The van der Waals surface area contributed by atoms with E-state index in [-0.39, 0.29) is 0 Å². The molecule has 0 aliphatic heterocycles. The number of pyridine rings is 1. The van der Waals surface area contributed by atoms with E-state index in [1.165, 1.54) is 32.1 Å². The summed E-state index contributed by atoms with van der Waals surface area (Å²) in [6.07, 6.45) is 6.81. The summed E-state index contributed by atoms with van der Waals surface area (Å²) in [6.45, 7) is 0. The van der Waals surface area contributed by atoms with Crippen molar-refractivity contribution in [2.75, 3.05) is 0 Å². The molecule has 1 aromatic rings. The maximum Gasteiger partial charge on any atom is 0.130 e. The smallest absolute Gasteiger partial charge is 0.130 e. The number of hydrogen-bond acceptors (Lipinski definition) is 2. The van der Waals surface area contributed by atoms with Crippen molar-refractivity contribution in [3.05, 3.63) is 23.4 Å². The van der Waals surface area contributed by atoms with Crippen LogP contribution in [-0.4, -0.2) is 10.2 Å². The van der Waals surface area contributed by atoms with E-state index in [2.05, 4.69) is 4.98 Å². The van der Waals surface area contributed by atoms with Crippen LogP contribution in [0.15, 0.2) is 23.2 Å². The van der Waals surface area contributed by atoms with Crippen molar-refractivity contribution in [3.63, 3.8) is 0 Å². The summed E-state index contributed by atoms with van der Waals surface area (Å²) in [4.78, 5) is 4.30. The van der Waals surface area contributed by atoms with Crippen molar-refractivity contribution in [2.24, 2.45) is 0 Å². The molecule has 1 aromatic heterocycles. The highest BCUT2D eigenvalue weighted by Gasteiger charge is 2.14. The molecule has 1 aliphatic carbocycles. The standard InChI is InChI=1S/C11H14ClNS/c12-10-7-4-8-11(13-10)14-9-5-2-1-3-6-9/h4,7-9H,1-3,5-6H2. The Balaban J connectivity index is 1.95. The highest BCUT2D eigenvalue weighted by Crippen LogP contribution is 2.32. The van der Waals surface area contributed by atoms with Gasteiger partial charge in [-0.1, -0.05) is 36.9 Å². The highest BCUT2D eigenvalue weighted by atomic mass is 35.5. The molecule has 1 saturated carbocycles. The molecule has 0 atom stereocenters. The predicted octanol–water partition coefficient (Wildman–Crippen LogP) is 4.16. The zero-order valence-corrected chi connectivity index (χ0v) is 9.65. The van der Waals surface area contributed by atoms with Crippen LogP contribution >= 0.6 is 23.4 Å². The van der Waals surface area contributed by atoms with Crippen LogP contribution in [0.25, 0.3) is 0 Å². The second-order valence-electron chi connectivity index (χ2n) is 3.68. The van der Waals surface area contributed by atoms with Gasteiger partial charge in [0.05, 0.1) is 5.03 Å². The second-order valence-corrected chi connectivity index (χ2v) is 5.38. The molecule has 0 radical (unpaired) electrons. The van der Waals surface area contributed by atoms with Crippen LogP contribution < -0.4 is 0 Å². The fraction of sp³-hybridized carbons (Fsp3) is 0.545. The van der Waals surface area contributed by atoms with Gasteiger partial charge in [-0.25, -0.2) is 4.98 Å². The number of hydrogen-bond donors (Lipinski definition) is 0. The van der Waals surface area contributed by atoms with Crippen LogP contribution in [0.4, 0.5) is 0 Å². The third kappa shape index (κ3) is 2.89. The predicted molar refractivity (Wildman–Crippen MR) is 62.0 cm³/mol. The molecule has 0 saturated heterocycles. The molecule has 3 heteroatoms. The van der Waals surface area contributed by atoms with Crippen molar-refractivity contribution in [2.45, 2.75) is 42.4 Å². The quantitative estimate of drug-likeness (QED) is 0.704. The van der Waals surface area contributed by atoms with Crippen molar-refractivity contribution >= 4 is 23.4 Å². The first-order valence-electron chi connectivity index (χ1n) is 5.14. The molecular formula is C11H14ClNS. The van der Waals surface area contributed by atoms with Crippen molar-refractivity contribution < 1.29 is 0 Å². The van der Waals surface area contributed by atoms with Crippen molar-refractivity contribution in [1.82, 2.24) is 4.98 Å². The van der Waals surface area contributed by atoms with Crippen LogP contribution in [0, 0.1) is 0 Å². The Labute approximate surface area is 94.3 Å². The van der Waals surface area contributed by atoms with Gasteiger partial charge in [0.2, 0.25) is 0 Å². The van der Waals surface area contributed by atoms with E-state index in [1.807, 2.05) is 30.0 Å². The lowest BCUT2D eigenvalue weighted by Gasteiger charge is -2.20. The number of nitrogens with zero attached hydrogens (tertiary/aromatic N) is 1. The molecule has 0 spiro atoms. The normalized spacial score (nSPS) is 18.4. The Kier molecular flexibility index (Phi) is 3.71. The SMILES string of the molecule is Clc1cccc(SC2CCCCC2)n1. The van der Waals surface area contributed by atoms with Gasteiger partial charge in [0.15, 0.2) is 0 Å². The Morgan fingerprint density at radius 1 is 1.21 bits per heavy atom. The third-order valence-electron chi connectivity index (χ3n) is 2.53. The maximum atomic E-state index is 5.84. The van der Waals surface area contributed by atoms with Crippen LogP contribution in [0.1, 0.15) is 32.1 Å². The molecule has 1 fully saturated rings. The van der Waals surface area contributed by atoms with Crippen molar-refractivity contribution in [3.8, 4) is 0 Å². The Morgan fingerprint density at radius 2 is 2.00 bits per heavy atom. The van der Waals surface area contributed by atoms with Gasteiger partial charge in [-0.3, -0.25) is 0 Å². The Bertz CT molecular complexity index is 297. The van der Waals surface area contributed by atoms with Crippen LogP contribution in [-0.2, 0) is 0 Å². The van der Waals surface area contributed by atoms with E-state index < -0.39 is 0 Å². The summed E-state index contributed by atoms with van der Waals surface area (Å²) >= 11 is 7.72. The third-order valence-corrected chi connectivity index (χ3v) is 4.01. The molecule has 0 amide bonds. The zero-order chi connectivity index (χ0) is 9.80. The van der Waals surface area contributed by atoms with Gasteiger partial charge in [-0.05, 0) is 25.0 Å². The maximum absolute atomic E-state index is 5.84. The highest BCUT2D eigenvalue weighted by molar-refractivity contribution is 7.99. The number of rotatable bonds is 2. The molecule has 0 unspecified atom stereocenters. The van der Waals surface area contributed by atoms with Gasteiger partial charge in [0.1, 0.15) is 5.15 Å². The summed E-state index contributed by atoms with van der Waals surface area (Å²) in [5.74, 6) is 0. The lowest BCUT2D eigenvalue weighted by atomic mass is 10.0. The minimum Gasteiger partial charge on any atom is -0.230 e. The van der Waals surface area contributed by atoms with Crippen LogP contribution in [0.5, 0.6) is 0 Å². The molecule has 14 heavy (non-hydrogen) atoms. The largest absolute Gasteiger partial charge is 0.230 e. The van der Waals surface area contributed by atoms with E-state index >= 15 is 0 Å².